The van der Waals surface area contributed by atoms with Crippen molar-refractivity contribution < 1.29 is 9.84 Å². The van der Waals surface area contributed by atoms with Crippen molar-refractivity contribution in [1.29, 1.82) is 0 Å². The Morgan fingerprint density at radius 3 is 2.44 bits per heavy atom. The molecule has 0 aliphatic carbocycles. The second kappa shape index (κ2) is 9.75. The van der Waals surface area contributed by atoms with Crippen LogP contribution in [0.2, 0.25) is 0 Å². The molecular weight excluding hydrogens is 436 g/mol. The number of imidazole rings is 1. The smallest absolute Gasteiger partial charge is 0.329 e. The molecule has 0 bridgehead atoms. The molecule has 2 aromatic heterocycles. The fourth-order valence-corrected chi connectivity index (χ4v) is 3.41. The van der Waals surface area contributed by atoms with Crippen LogP contribution in [0.1, 0.15) is 16.7 Å². The van der Waals surface area contributed by atoms with E-state index in [2.05, 4.69) is 20.5 Å². The van der Waals surface area contributed by atoms with Crippen molar-refractivity contribution in [1.82, 2.24) is 19.1 Å². The lowest BCUT2D eigenvalue weighted by molar-refractivity contribution is 0.0938. The minimum absolute atomic E-state index is 0.00151. The molecule has 34 heavy (non-hydrogen) atoms. The van der Waals surface area contributed by atoms with Crippen LogP contribution >= 0.6 is 0 Å². The number of aromatic amines is 1. The van der Waals surface area contributed by atoms with E-state index in [4.69, 9.17) is 4.74 Å². The molecule has 0 amide bonds. The summed E-state index contributed by atoms with van der Waals surface area (Å²) in [4.78, 5) is 31.3. The van der Waals surface area contributed by atoms with Crippen LogP contribution in [0.3, 0.4) is 0 Å². The van der Waals surface area contributed by atoms with Gasteiger partial charge in [0.2, 0.25) is 5.95 Å². The minimum Gasteiger partial charge on any atom is -0.491 e. The van der Waals surface area contributed by atoms with Gasteiger partial charge in [-0.05, 0) is 31.5 Å². The van der Waals surface area contributed by atoms with Gasteiger partial charge in [-0.2, -0.15) is 10.1 Å². The minimum atomic E-state index is -0.961. The summed E-state index contributed by atoms with van der Waals surface area (Å²) in [6, 6.07) is 15.3. The van der Waals surface area contributed by atoms with Crippen LogP contribution in [-0.2, 0) is 13.6 Å². The van der Waals surface area contributed by atoms with Crippen molar-refractivity contribution >= 4 is 23.3 Å². The topological polar surface area (TPSA) is 127 Å². The van der Waals surface area contributed by atoms with Crippen LogP contribution in [0.4, 0.5) is 5.95 Å². The lowest BCUT2D eigenvalue weighted by atomic mass is 10.2. The Bertz CT molecular complexity index is 1430. The first-order valence-electron chi connectivity index (χ1n) is 10.7. The number of hydrazone groups is 1. The molecule has 0 saturated heterocycles. The predicted molar refractivity (Wildman–Crippen MR) is 131 cm³/mol. The Morgan fingerprint density at radius 1 is 1.12 bits per heavy atom. The van der Waals surface area contributed by atoms with Crippen molar-refractivity contribution in [2.75, 3.05) is 12.0 Å². The Kier molecular flexibility index (Phi) is 6.60. The molecule has 3 N–H and O–H groups in total. The predicted octanol–water partition coefficient (Wildman–Crippen LogP) is 1.93. The maximum Gasteiger partial charge on any atom is 0.329 e. The Balaban J connectivity index is 1.60. The molecule has 10 nitrogen and oxygen atoms in total. The number of aliphatic hydroxyl groups excluding tert-OH is 1. The largest absolute Gasteiger partial charge is 0.491 e. The van der Waals surface area contributed by atoms with Gasteiger partial charge in [-0.15, -0.1) is 0 Å². The number of nitrogens with one attached hydrogen (secondary N) is 2. The zero-order valence-corrected chi connectivity index (χ0v) is 19.1. The van der Waals surface area contributed by atoms with Crippen molar-refractivity contribution in [3.05, 3.63) is 86.1 Å². The van der Waals surface area contributed by atoms with E-state index in [-0.39, 0.29) is 30.3 Å². The summed E-state index contributed by atoms with van der Waals surface area (Å²) in [5.74, 6) is 0.834. The average molecular weight is 463 g/mol. The summed E-state index contributed by atoms with van der Waals surface area (Å²) in [5.41, 5.74) is 5.06. The zero-order chi connectivity index (χ0) is 24.2. The summed E-state index contributed by atoms with van der Waals surface area (Å²) in [6.45, 7) is 3.96. The van der Waals surface area contributed by atoms with Gasteiger partial charge in [0, 0.05) is 7.05 Å². The molecule has 4 rings (SSSR count). The second-order valence-electron chi connectivity index (χ2n) is 8.10. The number of nitrogens with zero attached hydrogens (tertiary/aromatic N) is 4. The quantitative estimate of drug-likeness (QED) is 0.271. The van der Waals surface area contributed by atoms with Gasteiger partial charge in [0.15, 0.2) is 11.2 Å². The summed E-state index contributed by atoms with van der Waals surface area (Å²) >= 11 is 0. The summed E-state index contributed by atoms with van der Waals surface area (Å²) in [6.07, 6.45) is 0.653. The molecule has 10 heteroatoms. The first-order valence-corrected chi connectivity index (χ1v) is 10.7. The van der Waals surface area contributed by atoms with E-state index in [1.165, 1.54) is 16.2 Å². The summed E-state index contributed by atoms with van der Waals surface area (Å²) in [7, 11) is 1.51. The number of rotatable bonds is 8. The molecule has 1 unspecified atom stereocenters. The Morgan fingerprint density at radius 2 is 1.76 bits per heavy atom. The van der Waals surface area contributed by atoms with Crippen molar-refractivity contribution in [2.45, 2.75) is 26.5 Å². The third-order valence-corrected chi connectivity index (χ3v) is 5.32. The molecule has 176 valence electrons. The monoisotopic (exact) mass is 462 g/mol. The van der Waals surface area contributed by atoms with Crippen molar-refractivity contribution in [3.8, 4) is 5.75 Å². The fourth-order valence-electron chi connectivity index (χ4n) is 3.41. The van der Waals surface area contributed by atoms with Crippen LogP contribution in [0.5, 0.6) is 5.75 Å². The Hall–Kier alpha value is -4.18. The van der Waals surface area contributed by atoms with Gasteiger partial charge in [0.25, 0.3) is 5.56 Å². The molecule has 1 atom stereocenters. The van der Waals surface area contributed by atoms with Crippen LogP contribution in [0.25, 0.3) is 11.2 Å². The van der Waals surface area contributed by atoms with Gasteiger partial charge in [-0.25, -0.2) is 10.2 Å². The standard InChI is InChI=1S/C24H26N6O4/c1-15-4-8-17(9-5-15)12-25-28-23-26-21-20(22(32)27-24(33)29(21)3)30(23)13-18(31)14-34-19-10-6-16(2)7-11-19/h4-12,18,31H,13-14H2,1-3H3,(H,26,28)(H,27,32,33). The molecule has 0 fully saturated rings. The number of aliphatic hydroxyl groups is 1. The van der Waals surface area contributed by atoms with Gasteiger partial charge >= 0.3 is 5.69 Å². The van der Waals surface area contributed by atoms with Crippen LogP contribution in [-0.4, -0.2) is 43.1 Å². The average Bonchev–Trinajstić information content (AvgIpc) is 3.17. The highest BCUT2D eigenvalue weighted by Crippen LogP contribution is 2.17. The summed E-state index contributed by atoms with van der Waals surface area (Å²) < 4.78 is 8.39. The molecular formula is C24H26N6O4. The lowest BCUT2D eigenvalue weighted by Crippen LogP contribution is -2.30. The molecule has 0 aliphatic heterocycles. The third-order valence-electron chi connectivity index (χ3n) is 5.32. The van der Waals surface area contributed by atoms with Gasteiger partial charge in [-0.3, -0.25) is 14.3 Å². The van der Waals surface area contributed by atoms with Crippen molar-refractivity contribution in [2.24, 2.45) is 12.1 Å². The molecule has 0 spiro atoms. The van der Waals surface area contributed by atoms with E-state index in [0.717, 1.165) is 16.7 Å². The van der Waals surface area contributed by atoms with E-state index >= 15 is 0 Å². The highest BCUT2D eigenvalue weighted by Gasteiger charge is 2.20. The number of aromatic nitrogens is 4. The number of fused-ring (bicyclic) bond motifs is 1. The van der Waals surface area contributed by atoms with Gasteiger partial charge < -0.3 is 14.4 Å². The normalized spacial score (nSPS) is 12.4. The lowest BCUT2D eigenvalue weighted by Gasteiger charge is -2.15. The maximum absolute atomic E-state index is 12.6. The number of aryl methyl sites for hydroxylation is 3. The number of hydrogen-bond donors (Lipinski definition) is 3. The van der Waals surface area contributed by atoms with E-state index in [1.54, 1.807) is 6.21 Å². The molecule has 0 saturated carbocycles. The number of H-pyrrole nitrogens is 1. The Labute approximate surface area is 195 Å². The first-order chi connectivity index (χ1) is 16.3. The zero-order valence-electron chi connectivity index (χ0n) is 19.1. The van der Waals surface area contributed by atoms with Crippen LogP contribution in [0, 0.1) is 13.8 Å². The number of hydrogen-bond acceptors (Lipinski definition) is 7. The molecule has 2 heterocycles. The fraction of sp³-hybridized carbons (Fsp3) is 0.250. The van der Waals surface area contributed by atoms with Gasteiger partial charge in [0.05, 0.1) is 12.8 Å². The molecule has 4 aromatic rings. The highest BCUT2D eigenvalue weighted by molar-refractivity contribution is 5.80. The molecule has 0 aliphatic rings. The maximum atomic E-state index is 12.6. The highest BCUT2D eigenvalue weighted by atomic mass is 16.5. The third kappa shape index (κ3) is 5.07. The molecule has 0 radical (unpaired) electrons. The second-order valence-corrected chi connectivity index (χ2v) is 8.10. The van der Waals surface area contributed by atoms with Gasteiger partial charge in [0.1, 0.15) is 18.5 Å². The van der Waals surface area contributed by atoms with Crippen LogP contribution in [0.15, 0.2) is 63.2 Å². The number of ether oxygens (including phenoxy) is 1. The first kappa shape index (κ1) is 23.0. The molecule has 2 aromatic carbocycles. The van der Waals surface area contributed by atoms with E-state index in [0.29, 0.717) is 5.75 Å². The SMILES string of the molecule is Cc1ccc(C=NNc2nc3c(c(=O)[nH]c(=O)n3C)n2CC(O)COc2ccc(C)cc2)cc1. The summed E-state index contributed by atoms with van der Waals surface area (Å²) in [5, 5.41) is 14.9. The van der Waals surface area contributed by atoms with E-state index < -0.39 is 17.4 Å². The number of benzene rings is 2. The van der Waals surface area contributed by atoms with Crippen molar-refractivity contribution in [3.63, 3.8) is 0 Å². The number of anilines is 1. The van der Waals surface area contributed by atoms with E-state index in [9.17, 15) is 14.7 Å². The van der Waals surface area contributed by atoms with Crippen LogP contribution < -0.4 is 21.4 Å². The van der Waals surface area contributed by atoms with E-state index in [1.807, 2.05) is 62.4 Å². The van der Waals surface area contributed by atoms with Gasteiger partial charge in [-0.1, -0.05) is 47.5 Å².